The number of carboxylic acids is 1. The third kappa shape index (κ3) is 3.66. The first-order valence-electron chi connectivity index (χ1n) is 6.53. The Hall–Kier alpha value is -2.76. The number of amides is 1. The highest BCUT2D eigenvalue weighted by Crippen LogP contribution is 2.21. The van der Waals surface area contributed by atoms with E-state index in [1.54, 1.807) is 0 Å². The number of carboxylic acid groups (broad SMARTS) is 1. The van der Waals surface area contributed by atoms with E-state index in [4.69, 9.17) is 5.11 Å². The predicted molar refractivity (Wildman–Crippen MR) is 76.7 cm³/mol. The standard InChI is InChI=1S/C16H13F2NO3/c17-12-5-3-4-11(10-12)16(22)19(9-8-15(20)21)14-7-2-1-6-13(14)18/h1-7,10H,8-9H2,(H,20,21). The molecule has 0 spiro atoms. The van der Waals surface area contributed by atoms with E-state index in [-0.39, 0.29) is 24.2 Å². The highest BCUT2D eigenvalue weighted by atomic mass is 19.1. The summed E-state index contributed by atoms with van der Waals surface area (Å²) in [7, 11) is 0. The number of halogens is 2. The number of benzene rings is 2. The maximum absolute atomic E-state index is 13.9. The molecule has 0 radical (unpaired) electrons. The van der Waals surface area contributed by atoms with Crippen molar-refractivity contribution in [3.8, 4) is 0 Å². The summed E-state index contributed by atoms with van der Waals surface area (Å²) in [6.45, 7) is -0.217. The fourth-order valence-corrected chi connectivity index (χ4v) is 1.99. The van der Waals surface area contributed by atoms with Gasteiger partial charge in [-0.1, -0.05) is 18.2 Å². The van der Waals surface area contributed by atoms with Crippen molar-refractivity contribution >= 4 is 17.6 Å². The van der Waals surface area contributed by atoms with Crippen LogP contribution in [-0.4, -0.2) is 23.5 Å². The molecule has 0 fully saturated rings. The summed E-state index contributed by atoms with van der Waals surface area (Å²) in [5.74, 6) is -3.03. The summed E-state index contributed by atoms with van der Waals surface area (Å²) >= 11 is 0. The van der Waals surface area contributed by atoms with Crippen molar-refractivity contribution in [3.63, 3.8) is 0 Å². The molecule has 0 aliphatic carbocycles. The summed E-state index contributed by atoms with van der Waals surface area (Å²) in [6, 6.07) is 10.5. The maximum atomic E-state index is 13.9. The second-order valence-corrected chi connectivity index (χ2v) is 4.56. The van der Waals surface area contributed by atoms with Crippen LogP contribution in [0.5, 0.6) is 0 Å². The zero-order valence-corrected chi connectivity index (χ0v) is 11.5. The Balaban J connectivity index is 2.38. The Bertz CT molecular complexity index is 703. The van der Waals surface area contributed by atoms with Gasteiger partial charge in [0.1, 0.15) is 11.6 Å². The van der Waals surface area contributed by atoms with Crippen LogP contribution in [-0.2, 0) is 4.79 Å². The van der Waals surface area contributed by atoms with Crippen molar-refractivity contribution in [2.75, 3.05) is 11.4 Å². The van der Waals surface area contributed by atoms with Gasteiger partial charge in [-0.2, -0.15) is 0 Å². The van der Waals surface area contributed by atoms with E-state index in [0.29, 0.717) is 0 Å². The Labute approximate surface area is 125 Å². The summed E-state index contributed by atoms with van der Waals surface area (Å²) in [4.78, 5) is 24.2. The van der Waals surface area contributed by atoms with Gasteiger partial charge in [0.05, 0.1) is 12.1 Å². The third-order valence-electron chi connectivity index (χ3n) is 3.01. The molecule has 1 amide bonds. The smallest absolute Gasteiger partial charge is 0.305 e. The average Bonchev–Trinajstić information content (AvgIpc) is 2.48. The van der Waals surface area contributed by atoms with Crippen LogP contribution in [0.4, 0.5) is 14.5 Å². The molecule has 0 heterocycles. The van der Waals surface area contributed by atoms with E-state index in [0.717, 1.165) is 11.0 Å². The van der Waals surface area contributed by atoms with Crippen molar-refractivity contribution in [1.29, 1.82) is 0 Å². The highest BCUT2D eigenvalue weighted by molar-refractivity contribution is 6.06. The minimum atomic E-state index is -1.12. The first-order valence-corrected chi connectivity index (χ1v) is 6.53. The number of nitrogens with zero attached hydrogens (tertiary/aromatic N) is 1. The van der Waals surface area contributed by atoms with Gasteiger partial charge in [0.2, 0.25) is 0 Å². The van der Waals surface area contributed by atoms with Crippen molar-refractivity contribution in [2.24, 2.45) is 0 Å². The molecule has 0 bridgehead atoms. The van der Waals surface area contributed by atoms with E-state index < -0.39 is 23.5 Å². The average molecular weight is 305 g/mol. The quantitative estimate of drug-likeness (QED) is 0.923. The second kappa shape index (κ2) is 6.80. The summed E-state index contributed by atoms with van der Waals surface area (Å²) in [5.41, 5.74) is -0.0216. The Morgan fingerprint density at radius 3 is 2.41 bits per heavy atom. The van der Waals surface area contributed by atoms with Crippen molar-refractivity contribution in [1.82, 2.24) is 0 Å². The Morgan fingerprint density at radius 1 is 1.05 bits per heavy atom. The molecule has 0 saturated heterocycles. The topological polar surface area (TPSA) is 57.6 Å². The molecule has 0 aliphatic rings. The summed E-state index contributed by atoms with van der Waals surface area (Å²) in [5, 5.41) is 8.78. The second-order valence-electron chi connectivity index (χ2n) is 4.56. The zero-order chi connectivity index (χ0) is 16.1. The molecule has 1 N–H and O–H groups in total. The number of hydrogen-bond acceptors (Lipinski definition) is 2. The number of aliphatic carboxylic acids is 1. The zero-order valence-electron chi connectivity index (χ0n) is 11.5. The molecule has 0 aliphatic heterocycles. The lowest BCUT2D eigenvalue weighted by Crippen LogP contribution is -2.33. The van der Waals surface area contributed by atoms with E-state index in [1.807, 2.05) is 0 Å². The Kier molecular flexibility index (Phi) is 4.83. The molecule has 22 heavy (non-hydrogen) atoms. The molecule has 114 valence electrons. The van der Waals surface area contributed by atoms with Gasteiger partial charge >= 0.3 is 5.97 Å². The van der Waals surface area contributed by atoms with Gasteiger partial charge in [0.15, 0.2) is 0 Å². The molecule has 0 aromatic heterocycles. The minimum Gasteiger partial charge on any atom is -0.481 e. The lowest BCUT2D eigenvalue weighted by atomic mass is 10.1. The number of carbonyl (C=O) groups is 2. The Morgan fingerprint density at radius 2 is 1.77 bits per heavy atom. The van der Waals surface area contributed by atoms with Crippen molar-refractivity contribution in [3.05, 3.63) is 65.7 Å². The molecule has 0 atom stereocenters. The molecule has 2 rings (SSSR count). The van der Waals surface area contributed by atoms with Crippen LogP contribution in [0.3, 0.4) is 0 Å². The molecular formula is C16H13F2NO3. The van der Waals surface area contributed by atoms with Gasteiger partial charge in [0.25, 0.3) is 5.91 Å². The van der Waals surface area contributed by atoms with Crippen LogP contribution in [0.25, 0.3) is 0 Å². The van der Waals surface area contributed by atoms with Crippen LogP contribution in [0.15, 0.2) is 48.5 Å². The number of para-hydroxylation sites is 1. The molecular weight excluding hydrogens is 292 g/mol. The SMILES string of the molecule is O=C(O)CCN(C(=O)c1cccc(F)c1)c1ccccc1F. The van der Waals surface area contributed by atoms with Crippen LogP contribution >= 0.6 is 0 Å². The van der Waals surface area contributed by atoms with Crippen LogP contribution in [0.1, 0.15) is 16.8 Å². The van der Waals surface area contributed by atoms with E-state index in [2.05, 4.69) is 0 Å². The first kappa shape index (κ1) is 15.6. The summed E-state index contributed by atoms with van der Waals surface area (Å²) < 4.78 is 27.2. The number of hydrogen-bond donors (Lipinski definition) is 1. The van der Waals surface area contributed by atoms with Crippen LogP contribution in [0.2, 0.25) is 0 Å². The largest absolute Gasteiger partial charge is 0.481 e. The van der Waals surface area contributed by atoms with Gasteiger partial charge in [-0.25, -0.2) is 8.78 Å². The lowest BCUT2D eigenvalue weighted by molar-refractivity contribution is -0.136. The molecule has 0 saturated carbocycles. The third-order valence-corrected chi connectivity index (χ3v) is 3.01. The van der Waals surface area contributed by atoms with Crippen LogP contribution < -0.4 is 4.90 Å². The maximum Gasteiger partial charge on any atom is 0.305 e. The molecule has 2 aromatic rings. The fourth-order valence-electron chi connectivity index (χ4n) is 1.99. The number of carbonyl (C=O) groups excluding carboxylic acids is 1. The van der Waals surface area contributed by atoms with Gasteiger partial charge in [-0.05, 0) is 30.3 Å². The molecule has 4 nitrogen and oxygen atoms in total. The van der Waals surface area contributed by atoms with E-state index >= 15 is 0 Å². The van der Waals surface area contributed by atoms with Gasteiger partial charge < -0.3 is 10.0 Å². The normalized spacial score (nSPS) is 10.3. The molecule has 0 unspecified atom stereocenters. The van der Waals surface area contributed by atoms with Crippen molar-refractivity contribution < 1.29 is 23.5 Å². The minimum absolute atomic E-state index is 0.0219. The highest BCUT2D eigenvalue weighted by Gasteiger charge is 2.21. The fraction of sp³-hybridized carbons (Fsp3) is 0.125. The summed E-state index contributed by atoms with van der Waals surface area (Å²) in [6.07, 6.45) is -0.352. The molecule has 6 heteroatoms. The van der Waals surface area contributed by atoms with Gasteiger partial charge in [0, 0.05) is 12.1 Å². The van der Waals surface area contributed by atoms with Gasteiger partial charge in [-0.15, -0.1) is 0 Å². The molecule has 2 aromatic carbocycles. The number of rotatable bonds is 5. The predicted octanol–water partition coefficient (Wildman–Crippen LogP) is 3.09. The van der Waals surface area contributed by atoms with Crippen molar-refractivity contribution in [2.45, 2.75) is 6.42 Å². The van der Waals surface area contributed by atoms with Crippen LogP contribution in [0, 0.1) is 11.6 Å². The van der Waals surface area contributed by atoms with E-state index in [9.17, 15) is 18.4 Å². The van der Waals surface area contributed by atoms with Gasteiger partial charge in [-0.3, -0.25) is 9.59 Å². The van der Waals surface area contributed by atoms with E-state index in [1.165, 1.54) is 42.5 Å². The monoisotopic (exact) mass is 305 g/mol. The first-order chi connectivity index (χ1) is 10.5. The number of anilines is 1. The lowest BCUT2D eigenvalue weighted by Gasteiger charge is -2.22.